The topological polar surface area (TPSA) is 103 Å². The molecule has 0 fully saturated rings. The van der Waals surface area contributed by atoms with Crippen LogP contribution in [0, 0.1) is 5.82 Å². The molecular weight excluding hydrogens is 423 g/mol. The van der Waals surface area contributed by atoms with Gasteiger partial charge in [0.2, 0.25) is 0 Å². The first-order valence-corrected chi connectivity index (χ1v) is 10.7. The molecule has 8 heteroatoms. The average molecular weight is 448 g/mol. The average Bonchev–Trinajstić information content (AvgIpc) is 3.16. The van der Waals surface area contributed by atoms with E-state index >= 15 is 0 Å². The molecule has 3 N–H and O–H groups in total. The molecule has 170 valence electrons. The summed E-state index contributed by atoms with van der Waals surface area (Å²) in [5.74, 6) is -0.867. The van der Waals surface area contributed by atoms with Gasteiger partial charge in [-0.25, -0.2) is 4.39 Å². The van der Waals surface area contributed by atoms with E-state index in [9.17, 15) is 9.18 Å². The third-order valence-electron chi connectivity index (χ3n) is 5.42. The molecule has 0 spiro atoms. The summed E-state index contributed by atoms with van der Waals surface area (Å²) in [7, 11) is 0. The molecule has 7 nitrogen and oxygen atoms in total. The molecule has 0 saturated carbocycles. The van der Waals surface area contributed by atoms with Crippen molar-refractivity contribution in [2.75, 3.05) is 0 Å². The van der Waals surface area contributed by atoms with E-state index in [2.05, 4.69) is 4.98 Å². The first-order valence-electron chi connectivity index (χ1n) is 10.7. The van der Waals surface area contributed by atoms with E-state index in [4.69, 9.17) is 20.7 Å². The van der Waals surface area contributed by atoms with Crippen LogP contribution in [0.5, 0.6) is 5.75 Å². The fraction of sp³-hybridized carbons (Fsp3) is 0.240. The van der Waals surface area contributed by atoms with Crippen LogP contribution >= 0.6 is 0 Å². The SMILES string of the molecule is CC(C)n1nc(COc2ccccc2CC(=O)O)c2cc(-c3ccnc(CN)c3F)ccc21. The minimum absolute atomic E-state index is 0.0159. The van der Waals surface area contributed by atoms with E-state index in [0.29, 0.717) is 28.1 Å². The second-order valence-electron chi connectivity index (χ2n) is 8.01. The van der Waals surface area contributed by atoms with Crippen molar-refractivity contribution < 1.29 is 19.0 Å². The van der Waals surface area contributed by atoms with E-state index < -0.39 is 11.8 Å². The standard InChI is InChI=1S/C25H25FN4O3/c1-15(2)30-22-8-7-16(18-9-10-28-20(13-27)25(18)26)11-19(22)21(29-30)14-33-23-6-4-3-5-17(23)12-24(31)32/h3-11,15H,12-14,27H2,1-2H3,(H,31,32). The zero-order valence-electron chi connectivity index (χ0n) is 18.5. The summed E-state index contributed by atoms with van der Waals surface area (Å²) in [6.45, 7) is 4.22. The van der Waals surface area contributed by atoms with Crippen molar-refractivity contribution >= 4 is 16.9 Å². The number of para-hydroxylation sites is 1. The van der Waals surface area contributed by atoms with Gasteiger partial charge in [0.15, 0.2) is 5.82 Å². The highest BCUT2D eigenvalue weighted by molar-refractivity contribution is 5.87. The lowest BCUT2D eigenvalue weighted by Gasteiger charge is -2.10. The molecule has 0 aliphatic carbocycles. The molecule has 0 saturated heterocycles. The number of carbonyl (C=O) groups is 1. The van der Waals surface area contributed by atoms with Crippen LogP contribution in [0.15, 0.2) is 54.7 Å². The number of ether oxygens (including phenoxy) is 1. The fourth-order valence-electron chi connectivity index (χ4n) is 3.82. The van der Waals surface area contributed by atoms with Gasteiger partial charge in [0.1, 0.15) is 18.1 Å². The Balaban J connectivity index is 1.74. The molecule has 33 heavy (non-hydrogen) atoms. The zero-order valence-corrected chi connectivity index (χ0v) is 18.5. The number of fused-ring (bicyclic) bond motifs is 1. The summed E-state index contributed by atoms with van der Waals surface area (Å²) in [6.07, 6.45) is 1.41. The number of nitrogens with two attached hydrogens (primary N) is 1. The quantitative estimate of drug-likeness (QED) is 0.412. The van der Waals surface area contributed by atoms with Crippen molar-refractivity contribution in [3.05, 3.63) is 77.5 Å². The number of aliphatic carboxylic acids is 1. The third-order valence-corrected chi connectivity index (χ3v) is 5.42. The smallest absolute Gasteiger partial charge is 0.307 e. The van der Waals surface area contributed by atoms with Crippen LogP contribution in [0.2, 0.25) is 0 Å². The fourth-order valence-corrected chi connectivity index (χ4v) is 3.82. The molecule has 0 aliphatic heterocycles. The molecular formula is C25H25FN4O3. The maximum Gasteiger partial charge on any atom is 0.307 e. The highest BCUT2D eigenvalue weighted by Crippen LogP contribution is 2.31. The van der Waals surface area contributed by atoms with Gasteiger partial charge in [-0.3, -0.25) is 14.5 Å². The molecule has 4 aromatic rings. The van der Waals surface area contributed by atoms with Crippen LogP contribution in [-0.2, 0) is 24.4 Å². The molecule has 0 radical (unpaired) electrons. The Bertz CT molecular complexity index is 1320. The summed E-state index contributed by atoms with van der Waals surface area (Å²) < 4.78 is 22.8. The van der Waals surface area contributed by atoms with Crippen LogP contribution in [0.4, 0.5) is 4.39 Å². The number of hydrogen-bond acceptors (Lipinski definition) is 5. The second kappa shape index (κ2) is 9.38. The molecule has 0 aliphatic rings. The first kappa shape index (κ1) is 22.4. The van der Waals surface area contributed by atoms with Crippen molar-refractivity contribution in [1.82, 2.24) is 14.8 Å². The number of hydrogen-bond donors (Lipinski definition) is 2. The Labute approximate surface area is 190 Å². The molecule has 0 amide bonds. The largest absolute Gasteiger partial charge is 0.487 e. The predicted molar refractivity (Wildman–Crippen MR) is 123 cm³/mol. The summed E-state index contributed by atoms with van der Waals surface area (Å²) >= 11 is 0. The van der Waals surface area contributed by atoms with Crippen LogP contribution in [0.1, 0.15) is 36.8 Å². The first-order chi connectivity index (χ1) is 15.9. The molecule has 0 bridgehead atoms. The predicted octanol–water partition coefficient (Wildman–Crippen LogP) is 4.48. The van der Waals surface area contributed by atoms with Gasteiger partial charge >= 0.3 is 5.97 Å². The van der Waals surface area contributed by atoms with E-state index in [0.717, 1.165) is 10.9 Å². The highest BCUT2D eigenvalue weighted by atomic mass is 19.1. The lowest BCUT2D eigenvalue weighted by atomic mass is 10.0. The van der Waals surface area contributed by atoms with Crippen molar-refractivity contribution in [2.45, 2.75) is 39.5 Å². The van der Waals surface area contributed by atoms with Gasteiger partial charge in [0.05, 0.1) is 17.6 Å². The maximum absolute atomic E-state index is 14.9. The Hall–Kier alpha value is -3.78. The van der Waals surface area contributed by atoms with Crippen molar-refractivity contribution in [1.29, 1.82) is 0 Å². The summed E-state index contributed by atoms with van der Waals surface area (Å²) in [5, 5.41) is 14.7. The molecule has 0 atom stereocenters. The van der Waals surface area contributed by atoms with Gasteiger partial charge in [-0.15, -0.1) is 0 Å². The molecule has 2 heterocycles. The van der Waals surface area contributed by atoms with Gasteiger partial charge in [-0.05, 0) is 43.7 Å². The lowest BCUT2D eigenvalue weighted by molar-refractivity contribution is -0.136. The number of rotatable bonds is 8. The van der Waals surface area contributed by atoms with E-state index in [-0.39, 0.29) is 31.3 Å². The second-order valence-corrected chi connectivity index (χ2v) is 8.01. The lowest BCUT2D eigenvalue weighted by Crippen LogP contribution is -2.06. The molecule has 0 unspecified atom stereocenters. The molecule has 4 rings (SSSR count). The van der Waals surface area contributed by atoms with Gasteiger partial charge in [0.25, 0.3) is 0 Å². The van der Waals surface area contributed by atoms with Crippen LogP contribution in [0.3, 0.4) is 0 Å². The van der Waals surface area contributed by atoms with Crippen LogP contribution < -0.4 is 10.5 Å². The van der Waals surface area contributed by atoms with E-state index in [1.807, 2.05) is 36.7 Å². The van der Waals surface area contributed by atoms with Gasteiger partial charge in [-0.1, -0.05) is 24.3 Å². The summed E-state index contributed by atoms with van der Waals surface area (Å²) in [6, 6.07) is 14.4. The Kier molecular flexibility index (Phi) is 6.37. The van der Waals surface area contributed by atoms with E-state index in [1.165, 1.54) is 0 Å². The number of benzene rings is 2. The normalized spacial score (nSPS) is 11.3. The van der Waals surface area contributed by atoms with Crippen molar-refractivity contribution in [3.63, 3.8) is 0 Å². The minimum atomic E-state index is -0.929. The Morgan fingerprint density at radius 2 is 1.97 bits per heavy atom. The maximum atomic E-state index is 14.9. The number of pyridine rings is 1. The van der Waals surface area contributed by atoms with Gasteiger partial charge in [0, 0.05) is 35.3 Å². The number of nitrogens with zero attached hydrogens (tertiary/aromatic N) is 3. The van der Waals surface area contributed by atoms with Gasteiger partial charge < -0.3 is 15.6 Å². The summed E-state index contributed by atoms with van der Waals surface area (Å²) in [5.41, 5.74) is 9.11. The number of carboxylic acids is 1. The number of carboxylic acid groups (broad SMARTS) is 1. The third kappa shape index (κ3) is 4.56. The molecule has 2 aromatic heterocycles. The zero-order chi connectivity index (χ0) is 23.5. The summed E-state index contributed by atoms with van der Waals surface area (Å²) in [4.78, 5) is 15.2. The highest BCUT2D eigenvalue weighted by Gasteiger charge is 2.17. The van der Waals surface area contributed by atoms with Crippen LogP contribution in [-0.4, -0.2) is 25.8 Å². The van der Waals surface area contributed by atoms with Crippen LogP contribution in [0.25, 0.3) is 22.0 Å². The monoisotopic (exact) mass is 448 g/mol. The minimum Gasteiger partial charge on any atom is -0.487 e. The van der Waals surface area contributed by atoms with Crippen molar-refractivity contribution in [3.8, 4) is 16.9 Å². The van der Waals surface area contributed by atoms with Gasteiger partial charge in [-0.2, -0.15) is 5.10 Å². The Morgan fingerprint density at radius 1 is 1.18 bits per heavy atom. The Morgan fingerprint density at radius 3 is 2.70 bits per heavy atom. The van der Waals surface area contributed by atoms with E-state index in [1.54, 1.807) is 36.5 Å². The number of halogens is 1. The van der Waals surface area contributed by atoms with Crippen molar-refractivity contribution in [2.24, 2.45) is 5.73 Å². The molecule has 2 aromatic carbocycles. The number of aromatic nitrogens is 3.